The molecule has 0 aliphatic heterocycles. The van der Waals surface area contributed by atoms with E-state index in [4.69, 9.17) is 4.43 Å². The maximum absolute atomic E-state index is 11.5. The van der Waals surface area contributed by atoms with Crippen molar-refractivity contribution < 1.29 is 18.8 Å². The van der Waals surface area contributed by atoms with E-state index >= 15 is 0 Å². The van der Waals surface area contributed by atoms with Crippen LogP contribution in [0, 0.1) is 0 Å². The maximum Gasteiger partial charge on any atom is 0.328 e. The van der Waals surface area contributed by atoms with Gasteiger partial charge in [-0.3, -0.25) is 4.79 Å². The molecule has 0 unspecified atom stereocenters. The Morgan fingerprint density at radius 2 is 1.81 bits per heavy atom. The number of hydrogen-bond donors (Lipinski definition) is 1. The van der Waals surface area contributed by atoms with Crippen molar-refractivity contribution in [3.8, 4) is 0 Å². The minimum absolute atomic E-state index is 0.172. The van der Waals surface area contributed by atoms with Crippen molar-refractivity contribution in [2.24, 2.45) is 0 Å². The third-order valence-corrected chi connectivity index (χ3v) is 8.25. The number of rotatable bonds is 7. The van der Waals surface area contributed by atoms with Crippen LogP contribution in [0.3, 0.4) is 0 Å². The summed E-state index contributed by atoms with van der Waals surface area (Å²) in [6, 6.07) is -0.642. The first-order valence-corrected chi connectivity index (χ1v) is 10.1. The Kier molecular flexibility index (Phi) is 7.88. The highest BCUT2D eigenvalue weighted by atomic mass is 28.4. The van der Waals surface area contributed by atoms with E-state index in [0.717, 1.165) is 0 Å². The Morgan fingerprint density at radius 3 is 2.24 bits per heavy atom. The smallest absolute Gasteiger partial charge is 0.328 e. The standard InChI is InChI=1S/C15H29NO4Si/c1-12(17)16-13(14(18)19-5)10-8-9-11-20-21(6,7)15(2,3)4/h8-9,13H,10-11H2,1-7H3,(H,16,17)/b9-8-/t13-/m1/s1. The van der Waals surface area contributed by atoms with E-state index in [1.807, 2.05) is 12.2 Å². The average Bonchev–Trinajstić information content (AvgIpc) is 2.34. The van der Waals surface area contributed by atoms with Crippen LogP contribution in [0.2, 0.25) is 18.1 Å². The largest absolute Gasteiger partial charge is 0.467 e. The van der Waals surface area contributed by atoms with Crippen molar-refractivity contribution in [3.63, 3.8) is 0 Å². The summed E-state index contributed by atoms with van der Waals surface area (Å²) in [5.74, 6) is -0.698. The van der Waals surface area contributed by atoms with Crippen LogP contribution in [-0.4, -0.2) is 40.0 Å². The lowest BCUT2D eigenvalue weighted by atomic mass is 10.2. The molecule has 0 rings (SSSR count). The molecule has 0 saturated carbocycles. The van der Waals surface area contributed by atoms with Gasteiger partial charge in [0.05, 0.1) is 13.7 Å². The van der Waals surface area contributed by atoms with Gasteiger partial charge in [0.15, 0.2) is 8.32 Å². The summed E-state index contributed by atoms with van der Waals surface area (Å²) in [4.78, 5) is 22.5. The lowest BCUT2D eigenvalue weighted by Gasteiger charge is -2.35. The van der Waals surface area contributed by atoms with Crippen LogP contribution >= 0.6 is 0 Å². The van der Waals surface area contributed by atoms with Gasteiger partial charge in [-0.2, -0.15) is 0 Å². The number of esters is 1. The van der Waals surface area contributed by atoms with Crippen molar-refractivity contribution in [2.45, 2.75) is 58.3 Å². The topological polar surface area (TPSA) is 64.6 Å². The molecule has 0 aromatic rings. The third kappa shape index (κ3) is 7.43. The summed E-state index contributed by atoms with van der Waals surface area (Å²) < 4.78 is 10.6. The van der Waals surface area contributed by atoms with Gasteiger partial charge in [-0.05, 0) is 24.6 Å². The fourth-order valence-corrected chi connectivity index (χ4v) is 2.32. The van der Waals surface area contributed by atoms with Gasteiger partial charge in [0.25, 0.3) is 0 Å². The Labute approximate surface area is 129 Å². The van der Waals surface area contributed by atoms with Crippen molar-refractivity contribution in [1.82, 2.24) is 5.32 Å². The summed E-state index contributed by atoms with van der Waals surface area (Å²) >= 11 is 0. The van der Waals surface area contributed by atoms with Gasteiger partial charge in [-0.15, -0.1) is 0 Å². The third-order valence-electron chi connectivity index (χ3n) is 3.75. The molecule has 0 fully saturated rings. The summed E-state index contributed by atoms with van der Waals surface area (Å²) in [5, 5.41) is 2.74. The first-order valence-electron chi connectivity index (χ1n) is 7.15. The highest BCUT2D eigenvalue weighted by molar-refractivity contribution is 6.74. The van der Waals surface area contributed by atoms with Crippen molar-refractivity contribution in [3.05, 3.63) is 12.2 Å². The van der Waals surface area contributed by atoms with E-state index in [1.54, 1.807) is 0 Å². The molecule has 0 heterocycles. The van der Waals surface area contributed by atoms with Gasteiger partial charge in [0, 0.05) is 6.92 Å². The van der Waals surface area contributed by atoms with E-state index in [1.165, 1.54) is 14.0 Å². The summed E-state index contributed by atoms with van der Waals surface area (Å²) in [6.07, 6.45) is 4.12. The second-order valence-corrected chi connectivity index (χ2v) is 11.4. The molecule has 6 heteroatoms. The van der Waals surface area contributed by atoms with E-state index in [2.05, 4.69) is 43.9 Å². The lowest BCUT2D eigenvalue weighted by molar-refractivity contribution is -0.144. The zero-order valence-electron chi connectivity index (χ0n) is 14.3. The first-order chi connectivity index (χ1) is 9.51. The SMILES string of the molecule is COC(=O)[C@@H](C/C=C\CO[Si](C)(C)C(C)(C)C)NC(C)=O. The highest BCUT2D eigenvalue weighted by Gasteiger charge is 2.36. The fraction of sp³-hybridized carbons (Fsp3) is 0.733. The van der Waals surface area contributed by atoms with Gasteiger partial charge in [0.2, 0.25) is 5.91 Å². The molecule has 21 heavy (non-hydrogen) atoms. The molecule has 1 atom stereocenters. The number of amides is 1. The molecule has 0 aliphatic carbocycles. The molecule has 0 aliphatic rings. The van der Waals surface area contributed by atoms with Crippen LogP contribution in [0.1, 0.15) is 34.1 Å². The summed E-state index contributed by atoms with van der Waals surface area (Å²) in [6.45, 7) is 12.8. The Bertz CT molecular complexity index is 386. The van der Waals surface area contributed by atoms with Crippen LogP contribution in [0.5, 0.6) is 0 Å². The minimum atomic E-state index is -1.75. The molecule has 1 N–H and O–H groups in total. The summed E-state index contributed by atoms with van der Waals surface area (Å²) in [5.41, 5.74) is 0. The summed E-state index contributed by atoms with van der Waals surface area (Å²) in [7, 11) is -0.443. The molecule has 0 saturated heterocycles. The molecule has 0 aromatic heterocycles. The predicted octanol–water partition coefficient (Wildman–Crippen LogP) is 2.63. The van der Waals surface area contributed by atoms with Gasteiger partial charge >= 0.3 is 5.97 Å². The van der Waals surface area contributed by atoms with Crippen LogP contribution in [0.15, 0.2) is 12.2 Å². The van der Waals surface area contributed by atoms with Gasteiger partial charge in [0.1, 0.15) is 6.04 Å². The number of carbonyl (C=O) groups is 2. The second-order valence-electron chi connectivity index (χ2n) is 6.55. The van der Waals surface area contributed by atoms with Gasteiger partial charge < -0.3 is 14.5 Å². The zero-order chi connectivity index (χ0) is 16.7. The van der Waals surface area contributed by atoms with Gasteiger partial charge in [-0.1, -0.05) is 32.9 Å². The Hall–Kier alpha value is -1.14. The molecule has 0 radical (unpaired) electrons. The molecule has 5 nitrogen and oxygen atoms in total. The number of methoxy groups -OCH3 is 1. The molecule has 0 spiro atoms. The van der Waals surface area contributed by atoms with Gasteiger partial charge in [-0.25, -0.2) is 4.79 Å². The fourth-order valence-electron chi connectivity index (χ4n) is 1.37. The van der Waals surface area contributed by atoms with E-state index in [0.29, 0.717) is 13.0 Å². The zero-order valence-corrected chi connectivity index (χ0v) is 15.3. The Morgan fingerprint density at radius 1 is 1.24 bits per heavy atom. The normalized spacial score (nSPS) is 14.0. The maximum atomic E-state index is 11.5. The monoisotopic (exact) mass is 315 g/mol. The molecular weight excluding hydrogens is 286 g/mol. The predicted molar refractivity (Wildman–Crippen MR) is 86.5 cm³/mol. The Balaban J connectivity index is 4.36. The number of carbonyl (C=O) groups excluding carboxylic acids is 2. The minimum Gasteiger partial charge on any atom is -0.467 e. The van der Waals surface area contributed by atoms with E-state index in [-0.39, 0.29) is 10.9 Å². The van der Waals surface area contributed by atoms with Crippen molar-refractivity contribution >= 4 is 20.2 Å². The second kappa shape index (κ2) is 8.34. The molecule has 0 bridgehead atoms. The quantitative estimate of drug-likeness (QED) is 0.445. The highest BCUT2D eigenvalue weighted by Crippen LogP contribution is 2.36. The van der Waals surface area contributed by atoms with Crippen molar-refractivity contribution in [2.75, 3.05) is 13.7 Å². The molecule has 122 valence electrons. The van der Waals surface area contributed by atoms with Crippen LogP contribution in [0.25, 0.3) is 0 Å². The lowest BCUT2D eigenvalue weighted by Crippen LogP contribution is -2.41. The number of ether oxygens (including phenoxy) is 1. The molecular formula is C15H29NO4Si. The average molecular weight is 315 g/mol. The molecule has 1 amide bonds. The van der Waals surface area contributed by atoms with E-state index < -0.39 is 20.3 Å². The number of nitrogens with one attached hydrogen (secondary N) is 1. The molecule has 0 aromatic carbocycles. The van der Waals surface area contributed by atoms with Crippen LogP contribution in [0.4, 0.5) is 0 Å². The van der Waals surface area contributed by atoms with Crippen molar-refractivity contribution in [1.29, 1.82) is 0 Å². The van der Waals surface area contributed by atoms with E-state index in [9.17, 15) is 9.59 Å². The first kappa shape index (κ1) is 19.9. The van der Waals surface area contributed by atoms with Crippen LogP contribution in [-0.2, 0) is 18.8 Å². The van der Waals surface area contributed by atoms with Crippen LogP contribution < -0.4 is 5.32 Å². The number of hydrogen-bond acceptors (Lipinski definition) is 4.